The number of likely N-dealkylation sites (tertiary alicyclic amines) is 1. The van der Waals surface area contributed by atoms with E-state index in [0.29, 0.717) is 38.5 Å². The highest BCUT2D eigenvalue weighted by Crippen LogP contribution is 2.29. The Bertz CT molecular complexity index is 413. The molecule has 1 saturated heterocycles. The van der Waals surface area contributed by atoms with Gasteiger partial charge in [-0.25, -0.2) is 0 Å². The molecule has 0 bridgehead atoms. The molecule has 1 heterocycles. The normalized spacial score (nSPS) is 23.4. The summed E-state index contributed by atoms with van der Waals surface area (Å²) in [7, 11) is 0. The Hall–Kier alpha value is -1.32. The second kappa shape index (κ2) is 7.10. The van der Waals surface area contributed by atoms with Crippen LogP contribution in [0.1, 0.15) is 52.4 Å². The second-order valence-corrected chi connectivity index (χ2v) is 6.53. The summed E-state index contributed by atoms with van der Waals surface area (Å²) in [5, 5.41) is 0. The van der Waals surface area contributed by atoms with Crippen LogP contribution in [0, 0.1) is 5.92 Å². The van der Waals surface area contributed by atoms with Gasteiger partial charge in [0.2, 0.25) is 11.8 Å². The van der Waals surface area contributed by atoms with Crippen LogP contribution in [0.3, 0.4) is 0 Å². The third kappa shape index (κ3) is 3.86. The van der Waals surface area contributed by atoms with Gasteiger partial charge < -0.3 is 9.80 Å². The molecule has 4 heteroatoms. The summed E-state index contributed by atoms with van der Waals surface area (Å²) < 4.78 is 0. The van der Waals surface area contributed by atoms with E-state index in [1.165, 1.54) is 12.8 Å². The number of carbonyl (C=O) groups is 2. The van der Waals surface area contributed by atoms with Crippen LogP contribution < -0.4 is 0 Å². The highest BCUT2D eigenvalue weighted by atomic mass is 16.2. The fraction of sp³-hybridized carbons (Fsp3) is 0.765. The average molecular weight is 292 g/mol. The third-order valence-electron chi connectivity index (χ3n) is 4.71. The lowest BCUT2D eigenvalue weighted by molar-refractivity contribution is -0.144. The van der Waals surface area contributed by atoms with Gasteiger partial charge in [-0.05, 0) is 33.1 Å². The number of piperidine rings is 1. The highest BCUT2D eigenvalue weighted by molar-refractivity contribution is 5.84. The molecular weight excluding hydrogens is 264 g/mol. The molecule has 0 N–H and O–H groups in total. The zero-order chi connectivity index (χ0) is 15.4. The standard InChI is InChI=1S/C17H28N2O2/c1-4-18(11-13(2)3)17(21)14-9-10-16(20)19(12-14)15-7-5-6-8-15/h14-15H,2,4-12H2,1,3H3/t14-/m0/s1. The lowest BCUT2D eigenvalue weighted by atomic mass is 9.94. The number of nitrogens with zero attached hydrogens (tertiary/aromatic N) is 2. The van der Waals surface area contributed by atoms with Crippen LogP contribution >= 0.6 is 0 Å². The van der Waals surface area contributed by atoms with Gasteiger partial charge in [0, 0.05) is 32.1 Å². The van der Waals surface area contributed by atoms with Gasteiger partial charge in [0.15, 0.2) is 0 Å². The van der Waals surface area contributed by atoms with Crippen molar-refractivity contribution in [2.75, 3.05) is 19.6 Å². The molecular formula is C17H28N2O2. The molecule has 2 aliphatic rings. The number of likely N-dealkylation sites (N-methyl/N-ethyl adjacent to an activating group) is 1. The molecule has 2 rings (SSSR count). The Morgan fingerprint density at radius 2 is 2.00 bits per heavy atom. The maximum Gasteiger partial charge on any atom is 0.227 e. The fourth-order valence-corrected chi connectivity index (χ4v) is 3.57. The smallest absolute Gasteiger partial charge is 0.227 e. The van der Waals surface area contributed by atoms with Crippen LogP contribution in [0.4, 0.5) is 0 Å². The van der Waals surface area contributed by atoms with Crippen LogP contribution in [0.15, 0.2) is 12.2 Å². The number of amides is 2. The zero-order valence-electron chi connectivity index (χ0n) is 13.4. The maximum atomic E-state index is 12.7. The van der Waals surface area contributed by atoms with Crippen molar-refractivity contribution < 1.29 is 9.59 Å². The van der Waals surface area contributed by atoms with E-state index in [-0.39, 0.29) is 17.7 Å². The molecule has 0 radical (unpaired) electrons. The minimum absolute atomic E-state index is 0.0254. The lowest BCUT2D eigenvalue weighted by Gasteiger charge is -2.38. The molecule has 1 atom stereocenters. The van der Waals surface area contributed by atoms with E-state index >= 15 is 0 Å². The fourth-order valence-electron chi connectivity index (χ4n) is 3.57. The molecule has 0 aromatic heterocycles. The highest BCUT2D eigenvalue weighted by Gasteiger charge is 2.36. The first-order valence-electron chi connectivity index (χ1n) is 8.25. The topological polar surface area (TPSA) is 40.6 Å². The SMILES string of the molecule is C=C(C)CN(CC)C(=O)[C@H]1CCC(=O)N(C2CCCC2)C1. The molecule has 0 aromatic carbocycles. The van der Waals surface area contributed by atoms with Gasteiger partial charge in [0.1, 0.15) is 0 Å². The Labute approximate surface area is 128 Å². The van der Waals surface area contributed by atoms with Gasteiger partial charge in [-0.15, -0.1) is 0 Å². The van der Waals surface area contributed by atoms with Crippen LogP contribution in [0.5, 0.6) is 0 Å². The van der Waals surface area contributed by atoms with Crippen molar-refractivity contribution in [2.45, 2.75) is 58.4 Å². The predicted molar refractivity (Wildman–Crippen MR) is 83.8 cm³/mol. The van der Waals surface area contributed by atoms with Crippen molar-refractivity contribution in [3.8, 4) is 0 Å². The van der Waals surface area contributed by atoms with Gasteiger partial charge in [-0.2, -0.15) is 0 Å². The van der Waals surface area contributed by atoms with E-state index in [2.05, 4.69) is 6.58 Å². The molecule has 0 unspecified atom stereocenters. The van der Waals surface area contributed by atoms with E-state index in [0.717, 1.165) is 18.4 Å². The monoisotopic (exact) mass is 292 g/mol. The molecule has 21 heavy (non-hydrogen) atoms. The molecule has 0 spiro atoms. The maximum absolute atomic E-state index is 12.7. The molecule has 2 fully saturated rings. The van der Waals surface area contributed by atoms with Crippen molar-refractivity contribution >= 4 is 11.8 Å². The van der Waals surface area contributed by atoms with Gasteiger partial charge in [0.25, 0.3) is 0 Å². The molecule has 2 amide bonds. The summed E-state index contributed by atoms with van der Waals surface area (Å²) in [5.41, 5.74) is 1.00. The Kier molecular flexibility index (Phi) is 5.43. The summed E-state index contributed by atoms with van der Waals surface area (Å²) in [6, 6.07) is 0.379. The molecule has 1 aliphatic heterocycles. The van der Waals surface area contributed by atoms with Gasteiger partial charge in [0.05, 0.1) is 5.92 Å². The summed E-state index contributed by atoms with van der Waals surface area (Å²) in [5.74, 6) is 0.410. The largest absolute Gasteiger partial charge is 0.339 e. The number of rotatable bonds is 5. The van der Waals surface area contributed by atoms with Gasteiger partial charge in [-0.3, -0.25) is 9.59 Å². The van der Waals surface area contributed by atoms with Gasteiger partial charge in [-0.1, -0.05) is 25.0 Å². The van der Waals surface area contributed by atoms with Gasteiger partial charge >= 0.3 is 0 Å². The molecule has 118 valence electrons. The summed E-state index contributed by atoms with van der Waals surface area (Å²) >= 11 is 0. The van der Waals surface area contributed by atoms with Crippen LogP contribution in [0.2, 0.25) is 0 Å². The average Bonchev–Trinajstić information content (AvgIpc) is 2.98. The Morgan fingerprint density at radius 1 is 1.33 bits per heavy atom. The van der Waals surface area contributed by atoms with Crippen molar-refractivity contribution in [1.82, 2.24) is 9.80 Å². The lowest BCUT2D eigenvalue weighted by Crippen LogP contribution is -2.50. The molecule has 4 nitrogen and oxygen atoms in total. The first-order valence-corrected chi connectivity index (χ1v) is 8.25. The van der Waals surface area contributed by atoms with E-state index < -0.39 is 0 Å². The van der Waals surface area contributed by atoms with Crippen LogP contribution in [-0.4, -0.2) is 47.3 Å². The van der Waals surface area contributed by atoms with Crippen molar-refractivity contribution in [3.63, 3.8) is 0 Å². The quantitative estimate of drug-likeness (QED) is 0.731. The summed E-state index contributed by atoms with van der Waals surface area (Å²) in [6.07, 6.45) is 5.87. The van der Waals surface area contributed by atoms with E-state index in [1.54, 1.807) is 0 Å². The third-order valence-corrected chi connectivity index (χ3v) is 4.71. The van der Waals surface area contributed by atoms with E-state index in [9.17, 15) is 9.59 Å². The summed E-state index contributed by atoms with van der Waals surface area (Å²) in [6.45, 7) is 9.81. The Balaban J connectivity index is 2.00. The number of hydrogen-bond donors (Lipinski definition) is 0. The van der Waals surface area contributed by atoms with Crippen LogP contribution in [0.25, 0.3) is 0 Å². The molecule has 1 aliphatic carbocycles. The first-order chi connectivity index (χ1) is 10.0. The van der Waals surface area contributed by atoms with Crippen molar-refractivity contribution in [1.29, 1.82) is 0 Å². The minimum atomic E-state index is -0.0254. The van der Waals surface area contributed by atoms with Crippen LogP contribution in [-0.2, 0) is 9.59 Å². The second-order valence-electron chi connectivity index (χ2n) is 6.53. The predicted octanol–water partition coefficient (Wildman–Crippen LogP) is 2.59. The summed E-state index contributed by atoms with van der Waals surface area (Å²) in [4.78, 5) is 28.7. The number of carbonyl (C=O) groups excluding carboxylic acids is 2. The van der Waals surface area contributed by atoms with Crippen molar-refractivity contribution in [2.24, 2.45) is 5.92 Å². The zero-order valence-corrected chi connectivity index (χ0v) is 13.4. The Morgan fingerprint density at radius 3 is 2.57 bits per heavy atom. The molecule has 1 saturated carbocycles. The van der Waals surface area contributed by atoms with E-state index in [1.807, 2.05) is 23.6 Å². The van der Waals surface area contributed by atoms with Crippen molar-refractivity contribution in [3.05, 3.63) is 12.2 Å². The molecule has 0 aromatic rings. The first kappa shape index (κ1) is 16.1. The minimum Gasteiger partial charge on any atom is -0.339 e. The van der Waals surface area contributed by atoms with E-state index in [4.69, 9.17) is 0 Å². The number of hydrogen-bond acceptors (Lipinski definition) is 2.